The molecule has 1 N–H and O–H groups in total. The Morgan fingerprint density at radius 2 is 2.12 bits per heavy atom. The van der Waals surface area contributed by atoms with E-state index in [1.807, 2.05) is 16.7 Å². The zero-order chi connectivity index (χ0) is 18.7. The van der Waals surface area contributed by atoms with Gasteiger partial charge in [-0.15, -0.1) is 0 Å². The van der Waals surface area contributed by atoms with Gasteiger partial charge in [-0.25, -0.2) is 9.37 Å². The van der Waals surface area contributed by atoms with Gasteiger partial charge in [-0.1, -0.05) is 17.7 Å². The van der Waals surface area contributed by atoms with Gasteiger partial charge in [0.15, 0.2) is 0 Å². The molecular formula is C18H19ClF2N4O. The molecule has 3 rings (SSSR count). The number of nitrogens with zero attached hydrogens (tertiary/aromatic N) is 3. The van der Waals surface area contributed by atoms with Crippen molar-refractivity contribution in [3.05, 3.63) is 53.2 Å². The van der Waals surface area contributed by atoms with Gasteiger partial charge in [-0.3, -0.25) is 9.69 Å². The van der Waals surface area contributed by atoms with Crippen molar-refractivity contribution < 1.29 is 13.6 Å². The maximum atomic E-state index is 13.3. The van der Waals surface area contributed by atoms with Crippen LogP contribution in [-0.4, -0.2) is 48.0 Å². The molecule has 1 aliphatic rings. The summed E-state index contributed by atoms with van der Waals surface area (Å²) in [6.07, 6.45) is 0. The number of anilines is 2. The number of carbonyl (C=O) groups excluding carboxylic acids is 1. The van der Waals surface area contributed by atoms with Gasteiger partial charge in [0.1, 0.15) is 11.6 Å². The van der Waals surface area contributed by atoms with Gasteiger partial charge in [0, 0.05) is 31.4 Å². The Balaban J connectivity index is 1.55. The lowest BCUT2D eigenvalue weighted by Crippen LogP contribution is -2.53. The second-order valence-corrected chi connectivity index (χ2v) is 6.68. The van der Waals surface area contributed by atoms with Crippen LogP contribution in [0.5, 0.6) is 0 Å². The fourth-order valence-electron chi connectivity index (χ4n) is 3.05. The molecular weight excluding hydrogens is 362 g/mol. The van der Waals surface area contributed by atoms with E-state index in [-0.39, 0.29) is 23.5 Å². The van der Waals surface area contributed by atoms with Crippen LogP contribution in [0.25, 0.3) is 0 Å². The molecule has 5 nitrogen and oxygen atoms in total. The number of carbonyl (C=O) groups is 1. The van der Waals surface area contributed by atoms with Crippen LogP contribution in [0.3, 0.4) is 0 Å². The van der Waals surface area contributed by atoms with Gasteiger partial charge in [0.25, 0.3) is 0 Å². The maximum Gasteiger partial charge on any atom is 0.238 e. The quantitative estimate of drug-likeness (QED) is 0.828. The highest BCUT2D eigenvalue weighted by atomic mass is 35.5. The first-order valence-corrected chi connectivity index (χ1v) is 8.66. The zero-order valence-electron chi connectivity index (χ0n) is 14.3. The van der Waals surface area contributed by atoms with E-state index in [1.54, 1.807) is 12.1 Å². The summed E-state index contributed by atoms with van der Waals surface area (Å²) in [5.74, 6) is -0.630. The van der Waals surface area contributed by atoms with Gasteiger partial charge in [0.05, 0.1) is 11.6 Å². The average molecular weight is 381 g/mol. The Bertz CT molecular complexity index is 805. The molecule has 0 aliphatic carbocycles. The van der Waals surface area contributed by atoms with Crippen molar-refractivity contribution in [2.24, 2.45) is 0 Å². The summed E-state index contributed by atoms with van der Waals surface area (Å²) in [5, 5.41) is 2.68. The summed E-state index contributed by atoms with van der Waals surface area (Å²) in [4.78, 5) is 20.2. The highest BCUT2D eigenvalue weighted by molar-refractivity contribution is 6.31. The minimum Gasteiger partial charge on any atom is -0.351 e. The lowest BCUT2D eigenvalue weighted by Gasteiger charge is -2.40. The van der Waals surface area contributed by atoms with Crippen LogP contribution in [0.15, 0.2) is 36.4 Å². The SMILES string of the molecule is CC1CN(CC(=O)Nc2ccc(F)c(Cl)c2)CCN1c1cccc(F)n1. The van der Waals surface area contributed by atoms with Crippen molar-refractivity contribution >= 4 is 29.0 Å². The van der Waals surface area contributed by atoms with E-state index in [9.17, 15) is 13.6 Å². The highest BCUT2D eigenvalue weighted by Crippen LogP contribution is 2.20. The molecule has 1 saturated heterocycles. The maximum absolute atomic E-state index is 13.3. The standard InChI is InChI=1S/C18H19ClF2N4O/c1-12-10-24(7-8-25(12)17-4-2-3-16(21)23-17)11-18(26)22-13-5-6-15(20)14(19)9-13/h2-6,9,12H,7-8,10-11H2,1H3,(H,22,26). The number of piperazine rings is 1. The van der Waals surface area contributed by atoms with Crippen molar-refractivity contribution in [3.63, 3.8) is 0 Å². The van der Waals surface area contributed by atoms with Crippen molar-refractivity contribution in [1.29, 1.82) is 0 Å². The van der Waals surface area contributed by atoms with E-state index in [0.717, 1.165) is 0 Å². The van der Waals surface area contributed by atoms with Crippen molar-refractivity contribution in [3.8, 4) is 0 Å². The summed E-state index contributed by atoms with van der Waals surface area (Å²) in [6, 6.07) is 8.88. The molecule has 0 spiro atoms. The van der Waals surface area contributed by atoms with Gasteiger partial charge in [0.2, 0.25) is 11.9 Å². The third-order valence-electron chi connectivity index (χ3n) is 4.28. The van der Waals surface area contributed by atoms with Gasteiger partial charge in [-0.2, -0.15) is 4.39 Å². The average Bonchev–Trinajstić information content (AvgIpc) is 2.58. The molecule has 1 amide bonds. The number of hydrogen-bond donors (Lipinski definition) is 1. The van der Waals surface area contributed by atoms with Gasteiger partial charge >= 0.3 is 0 Å². The third kappa shape index (κ3) is 4.47. The van der Waals surface area contributed by atoms with Crippen LogP contribution >= 0.6 is 11.6 Å². The molecule has 0 radical (unpaired) electrons. The number of benzene rings is 1. The smallest absolute Gasteiger partial charge is 0.238 e. The Hall–Kier alpha value is -2.25. The molecule has 138 valence electrons. The molecule has 1 aliphatic heterocycles. The number of hydrogen-bond acceptors (Lipinski definition) is 4. The molecule has 1 aromatic carbocycles. The first-order valence-electron chi connectivity index (χ1n) is 8.29. The summed E-state index contributed by atoms with van der Waals surface area (Å²) in [6.45, 7) is 4.17. The van der Waals surface area contributed by atoms with Crippen LogP contribution in [0.1, 0.15) is 6.92 Å². The Morgan fingerprint density at radius 3 is 2.81 bits per heavy atom. The molecule has 1 unspecified atom stereocenters. The van der Waals surface area contributed by atoms with Crippen molar-refractivity contribution in [1.82, 2.24) is 9.88 Å². The Kier molecular flexibility index (Phi) is 5.68. The van der Waals surface area contributed by atoms with Crippen LogP contribution in [0.4, 0.5) is 20.3 Å². The first kappa shape index (κ1) is 18.5. The van der Waals surface area contributed by atoms with E-state index in [2.05, 4.69) is 10.3 Å². The van der Waals surface area contributed by atoms with Crippen LogP contribution in [0.2, 0.25) is 5.02 Å². The second kappa shape index (κ2) is 7.97. The topological polar surface area (TPSA) is 48.5 Å². The number of rotatable bonds is 4. The van der Waals surface area contributed by atoms with Gasteiger partial charge < -0.3 is 10.2 Å². The number of nitrogens with one attached hydrogen (secondary N) is 1. The molecule has 26 heavy (non-hydrogen) atoms. The molecule has 1 aromatic heterocycles. The molecule has 2 heterocycles. The second-order valence-electron chi connectivity index (χ2n) is 6.27. The molecule has 2 aromatic rings. The third-order valence-corrected chi connectivity index (χ3v) is 4.57. The first-order chi connectivity index (χ1) is 12.4. The molecule has 1 fully saturated rings. The highest BCUT2D eigenvalue weighted by Gasteiger charge is 2.26. The molecule has 8 heteroatoms. The predicted molar refractivity (Wildman–Crippen MR) is 97.5 cm³/mol. The Labute approximate surface area is 155 Å². The minimum absolute atomic E-state index is 0.0346. The number of aromatic nitrogens is 1. The lowest BCUT2D eigenvalue weighted by molar-refractivity contribution is -0.117. The molecule has 0 saturated carbocycles. The van der Waals surface area contributed by atoms with E-state index in [0.29, 0.717) is 31.1 Å². The molecule has 1 atom stereocenters. The Morgan fingerprint density at radius 1 is 1.31 bits per heavy atom. The normalized spacial score (nSPS) is 18.0. The summed E-state index contributed by atoms with van der Waals surface area (Å²) in [5.41, 5.74) is 0.456. The van der Waals surface area contributed by atoms with Crippen LogP contribution in [0, 0.1) is 11.8 Å². The summed E-state index contributed by atoms with van der Waals surface area (Å²) < 4.78 is 26.5. The summed E-state index contributed by atoms with van der Waals surface area (Å²) >= 11 is 5.72. The zero-order valence-corrected chi connectivity index (χ0v) is 15.0. The van der Waals surface area contributed by atoms with E-state index < -0.39 is 11.8 Å². The van der Waals surface area contributed by atoms with E-state index in [4.69, 9.17) is 11.6 Å². The lowest BCUT2D eigenvalue weighted by atomic mass is 10.2. The van der Waals surface area contributed by atoms with E-state index in [1.165, 1.54) is 24.3 Å². The largest absolute Gasteiger partial charge is 0.351 e. The number of halogens is 3. The fraction of sp³-hybridized carbons (Fsp3) is 0.333. The van der Waals surface area contributed by atoms with Crippen LogP contribution < -0.4 is 10.2 Å². The van der Waals surface area contributed by atoms with E-state index >= 15 is 0 Å². The number of amides is 1. The van der Waals surface area contributed by atoms with Gasteiger partial charge in [-0.05, 0) is 37.3 Å². The monoisotopic (exact) mass is 380 g/mol. The molecule has 0 bridgehead atoms. The summed E-state index contributed by atoms with van der Waals surface area (Å²) in [7, 11) is 0. The predicted octanol–water partition coefficient (Wildman–Crippen LogP) is 3.16. The number of pyridine rings is 1. The fourth-order valence-corrected chi connectivity index (χ4v) is 3.23. The van der Waals surface area contributed by atoms with Crippen LogP contribution in [-0.2, 0) is 4.79 Å². The van der Waals surface area contributed by atoms with Crippen molar-refractivity contribution in [2.75, 3.05) is 36.4 Å². The minimum atomic E-state index is -0.527. The van der Waals surface area contributed by atoms with Crippen molar-refractivity contribution in [2.45, 2.75) is 13.0 Å².